The van der Waals surface area contributed by atoms with Gasteiger partial charge in [-0.15, -0.1) is 11.8 Å². The van der Waals surface area contributed by atoms with E-state index in [9.17, 15) is 4.79 Å². The van der Waals surface area contributed by atoms with Crippen LogP contribution in [0.25, 0.3) is 11.3 Å². The first-order valence-corrected chi connectivity index (χ1v) is 13.3. The number of carbonyl (C=O) groups is 1. The Morgan fingerprint density at radius 3 is 2.61 bits per heavy atom. The number of aromatic nitrogens is 2. The monoisotopic (exact) mass is 468 g/mol. The van der Waals surface area contributed by atoms with Crippen molar-refractivity contribution in [2.24, 2.45) is 0 Å². The van der Waals surface area contributed by atoms with Crippen molar-refractivity contribution >= 4 is 17.7 Å². The van der Waals surface area contributed by atoms with Gasteiger partial charge >= 0.3 is 0 Å². The zero-order chi connectivity index (χ0) is 22.2. The number of thioether (sulfide) groups is 1. The van der Waals surface area contributed by atoms with E-state index in [-0.39, 0.29) is 11.9 Å². The lowest BCUT2D eigenvalue weighted by Gasteiger charge is -2.40. The van der Waals surface area contributed by atoms with Crippen LogP contribution in [0.3, 0.4) is 0 Å². The van der Waals surface area contributed by atoms with Gasteiger partial charge in [0.2, 0.25) is 0 Å². The van der Waals surface area contributed by atoms with Crippen LogP contribution in [0.2, 0.25) is 0 Å². The fourth-order valence-electron chi connectivity index (χ4n) is 5.75. The summed E-state index contributed by atoms with van der Waals surface area (Å²) in [6.45, 7) is 6.38. The number of benzene rings is 1. The third kappa shape index (κ3) is 4.11. The van der Waals surface area contributed by atoms with E-state index in [4.69, 9.17) is 14.6 Å². The number of hydrogen-bond donors (Lipinski definition) is 0. The summed E-state index contributed by atoms with van der Waals surface area (Å²) in [6.07, 6.45) is 4.50. The van der Waals surface area contributed by atoms with E-state index in [2.05, 4.69) is 33.8 Å². The smallest absolute Gasteiger partial charge is 0.274 e. The van der Waals surface area contributed by atoms with E-state index in [1.54, 1.807) is 0 Å². The number of ether oxygens (including phenoxy) is 2. The number of carbonyl (C=O) groups excluding carboxylic acids is 1. The third-order valence-electron chi connectivity index (χ3n) is 7.50. The summed E-state index contributed by atoms with van der Waals surface area (Å²) in [4.78, 5) is 19.4. The Labute approximate surface area is 199 Å². The summed E-state index contributed by atoms with van der Waals surface area (Å²) < 4.78 is 13.3. The number of amides is 1. The normalized spacial score (nSPS) is 24.4. The molecule has 4 aliphatic heterocycles. The average molecular weight is 469 g/mol. The fourth-order valence-corrected chi connectivity index (χ4v) is 6.81. The number of piperidine rings is 1. The lowest BCUT2D eigenvalue weighted by atomic mass is 9.99. The molecule has 7 nitrogen and oxygen atoms in total. The molecule has 1 unspecified atom stereocenters. The van der Waals surface area contributed by atoms with Crippen LogP contribution in [0.5, 0.6) is 0 Å². The second-order valence-corrected chi connectivity index (χ2v) is 10.5. The van der Waals surface area contributed by atoms with E-state index >= 15 is 0 Å². The van der Waals surface area contributed by atoms with Gasteiger partial charge in [-0.1, -0.05) is 18.2 Å². The van der Waals surface area contributed by atoms with Crippen molar-refractivity contribution in [3.8, 4) is 11.3 Å². The predicted molar refractivity (Wildman–Crippen MR) is 128 cm³/mol. The highest BCUT2D eigenvalue weighted by atomic mass is 32.2. The minimum atomic E-state index is 0.0605. The number of likely N-dealkylation sites (tertiary alicyclic amines) is 1. The van der Waals surface area contributed by atoms with Crippen molar-refractivity contribution in [3.63, 3.8) is 0 Å². The lowest BCUT2D eigenvalue weighted by Crippen LogP contribution is -2.46. The predicted octanol–water partition coefficient (Wildman–Crippen LogP) is 3.44. The molecule has 4 aliphatic rings. The first kappa shape index (κ1) is 21.6. The van der Waals surface area contributed by atoms with E-state index in [0.29, 0.717) is 38.0 Å². The van der Waals surface area contributed by atoms with Crippen molar-refractivity contribution in [2.45, 2.75) is 48.4 Å². The second kappa shape index (κ2) is 9.41. The number of hydrogen-bond acceptors (Lipinski definition) is 6. The molecule has 3 saturated heterocycles. The number of morpholine rings is 1. The van der Waals surface area contributed by atoms with E-state index in [0.717, 1.165) is 56.9 Å². The van der Waals surface area contributed by atoms with Crippen LogP contribution >= 0.6 is 11.8 Å². The first-order valence-electron chi connectivity index (χ1n) is 12.3. The summed E-state index contributed by atoms with van der Waals surface area (Å²) >= 11 is 1.82. The number of nitrogens with zero attached hydrogens (tertiary/aromatic N) is 4. The molecule has 1 aromatic carbocycles. The standard InChI is InChI=1S/C25H32N4O3S/c30-25(27-10-14-32-15-11-27)23-21-17-33-22-6-2-1-5-20(22)24(21)29(26-23)19-4-3-9-28(16-19)18-7-12-31-13-8-18/h1-2,5-6,18-19H,3-4,7-17H2. The maximum atomic E-state index is 13.6. The van der Waals surface area contributed by atoms with E-state index in [1.165, 1.54) is 22.6 Å². The average Bonchev–Trinajstić information content (AvgIpc) is 3.30. The zero-order valence-electron chi connectivity index (χ0n) is 19.1. The van der Waals surface area contributed by atoms with Crippen LogP contribution in [0.4, 0.5) is 0 Å². The summed E-state index contributed by atoms with van der Waals surface area (Å²) in [5.74, 6) is 0.860. The summed E-state index contributed by atoms with van der Waals surface area (Å²) in [7, 11) is 0. The molecule has 33 heavy (non-hydrogen) atoms. The Hall–Kier alpha value is -1.87. The van der Waals surface area contributed by atoms with Crippen LogP contribution in [-0.2, 0) is 15.2 Å². The Balaban J connectivity index is 1.37. The van der Waals surface area contributed by atoms with Crippen LogP contribution < -0.4 is 0 Å². The van der Waals surface area contributed by atoms with Gasteiger partial charge in [0.15, 0.2) is 5.69 Å². The van der Waals surface area contributed by atoms with E-state index < -0.39 is 0 Å². The molecule has 0 bridgehead atoms. The van der Waals surface area contributed by atoms with Crippen LogP contribution in [0.15, 0.2) is 29.2 Å². The Bertz CT molecular complexity index is 1010. The molecule has 2 aromatic rings. The van der Waals surface area contributed by atoms with Gasteiger partial charge in [-0.25, -0.2) is 0 Å². The summed E-state index contributed by atoms with van der Waals surface area (Å²) in [6, 6.07) is 9.48. The number of rotatable bonds is 3. The lowest BCUT2D eigenvalue weighted by molar-refractivity contribution is 0.0180. The van der Waals surface area contributed by atoms with Crippen LogP contribution in [0.1, 0.15) is 47.8 Å². The largest absolute Gasteiger partial charge is 0.381 e. The fraction of sp³-hybridized carbons (Fsp3) is 0.600. The maximum absolute atomic E-state index is 13.6. The second-order valence-electron chi connectivity index (χ2n) is 9.44. The van der Waals surface area contributed by atoms with Gasteiger partial charge in [-0.2, -0.15) is 5.10 Å². The highest BCUT2D eigenvalue weighted by Crippen LogP contribution is 2.44. The van der Waals surface area contributed by atoms with Crippen LogP contribution in [0, 0.1) is 0 Å². The first-order chi connectivity index (χ1) is 16.3. The Morgan fingerprint density at radius 2 is 1.76 bits per heavy atom. The molecule has 5 heterocycles. The minimum Gasteiger partial charge on any atom is -0.381 e. The van der Waals surface area contributed by atoms with Gasteiger partial charge in [0.05, 0.1) is 24.9 Å². The topological polar surface area (TPSA) is 59.8 Å². The van der Waals surface area contributed by atoms with Crippen molar-refractivity contribution in [2.75, 3.05) is 52.6 Å². The molecule has 0 aliphatic carbocycles. The van der Waals surface area contributed by atoms with Gasteiger partial charge in [0, 0.05) is 60.7 Å². The van der Waals surface area contributed by atoms with Gasteiger partial charge < -0.3 is 14.4 Å². The molecule has 1 atom stereocenters. The zero-order valence-corrected chi connectivity index (χ0v) is 19.9. The molecule has 8 heteroatoms. The van der Waals surface area contributed by atoms with Gasteiger partial charge in [-0.3, -0.25) is 14.4 Å². The van der Waals surface area contributed by atoms with Crippen LogP contribution in [-0.4, -0.2) is 84.1 Å². The van der Waals surface area contributed by atoms with Gasteiger partial charge in [0.1, 0.15) is 0 Å². The van der Waals surface area contributed by atoms with Crippen molar-refractivity contribution < 1.29 is 14.3 Å². The summed E-state index contributed by atoms with van der Waals surface area (Å²) in [5.41, 5.74) is 4.15. The van der Waals surface area contributed by atoms with Gasteiger partial charge in [-0.05, 0) is 38.3 Å². The van der Waals surface area contributed by atoms with Crippen molar-refractivity contribution in [1.82, 2.24) is 19.6 Å². The molecule has 0 saturated carbocycles. The molecule has 1 aromatic heterocycles. The minimum absolute atomic E-state index is 0.0605. The Morgan fingerprint density at radius 1 is 0.970 bits per heavy atom. The maximum Gasteiger partial charge on any atom is 0.274 e. The summed E-state index contributed by atoms with van der Waals surface area (Å²) in [5, 5.41) is 5.09. The Kier molecular flexibility index (Phi) is 6.17. The molecule has 0 spiro atoms. The highest BCUT2D eigenvalue weighted by molar-refractivity contribution is 7.98. The highest BCUT2D eigenvalue weighted by Gasteiger charge is 2.35. The molecule has 1 amide bonds. The van der Waals surface area contributed by atoms with E-state index in [1.807, 2.05) is 16.7 Å². The SMILES string of the molecule is O=C(c1nn(C2CCCN(C3CCOCC3)C2)c2c1CSc1ccccc1-2)N1CCOCC1. The quantitative estimate of drug-likeness (QED) is 0.688. The molecule has 0 N–H and O–H groups in total. The van der Waals surface area contributed by atoms with Crippen molar-refractivity contribution in [3.05, 3.63) is 35.5 Å². The molecule has 0 radical (unpaired) electrons. The molecular weight excluding hydrogens is 436 g/mol. The molecular formula is C25H32N4O3S. The van der Waals surface area contributed by atoms with Gasteiger partial charge in [0.25, 0.3) is 5.91 Å². The number of fused-ring (bicyclic) bond motifs is 3. The molecule has 176 valence electrons. The third-order valence-corrected chi connectivity index (χ3v) is 8.60. The molecule has 3 fully saturated rings. The molecule has 6 rings (SSSR count). The van der Waals surface area contributed by atoms with Crippen molar-refractivity contribution in [1.29, 1.82) is 0 Å².